The van der Waals surface area contributed by atoms with Crippen LogP contribution in [0, 0.1) is 0 Å². The van der Waals surface area contributed by atoms with Gasteiger partial charge >= 0.3 is 0 Å². The molecule has 1 aliphatic carbocycles. The lowest BCUT2D eigenvalue weighted by molar-refractivity contribution is 0.306. The van der Waals surface area contributed by atoms with E-state index in [2.05, 4.69) is 73.7 Å². The molecule has 0 unspecified atom stereocenters. The smallest absolute Gasteiger partial charge is 0.119 e. The van der Waals surface area contributed by atoms with Gasteiger partial charge < -0.3 is 4.74 Å². The fraction of sp³-hybridized carbons (Fsp3) is 0.231. The van der Waals surface area contributed by atoms with E-state index in [1.165, 1.54) is 56.3 Å². The molecule has 5 rings (SSSR count). The van der Waals surface area contributed by atoms with E-state index in [9.17, 15) is 0 Å². The lowest BCUT2D eigenvalue weighted by atomic mass is 9.94. The summed E-state index contributed by atoms with van der Waals surface area (Å²) in [6, 6.07) is 20.2. The van der Waals surface area contributed by atoms with Gasteiger partial charge in [-0.05, 0) is 80.6 Å². The monoisotopic (exact) mass is 352 g/mol. The van der Waals surface area contributed by atoms with Crippen molar-refractivity contribution in [2.24, 2.45) is 0 Å². The summed E-state index contributed by atoms with van der Waals surface area (Å²) < 4.78 is 5.94. The van der Waals surface area contributed by atoms with Crippen molar-refractivity contribution in [3.63, 3.8) is 0 Å². The van der Waals surface area contributed by atoms with Gasteiger partial charge in [0.1, 0.15) is 5.75 Å². The largest absolute Gasteiger partial charge is 0.494 e. The zero-order chi connectivity index (χ0) is 18.2. The minimum atomic E-state index is 0.802. The van der Waals surface area contributed by atoms with Crippen LogP contribution in [0.25, 0.3) is 38.4 Å². The van der Waals surface area contributed by atoms with E-state index < -0.39 is 0 Å². The third kappa shape index (κ3) is 2.88. The molecule has 1 heteroatoms. The first-order chi connectivity index (χ1) is 13.3. The highest BCUT2D eigenvalue weighted by Crippen LogP contribution is 2.35. The van der Waals surface area contributed by atoms with Crippen LogP contribution in [0.2, 0.25) is 0 Å². The first kappa shape index (κ1) is 16.4. The minimum absolute atomic E-state index is 0.802. The molecule has 0 saturated carbocycles. The van der Waals surface area contributed by atoms with Crippen LogP contribution in [-0.4, -0.2) is 6.61 Å². The Kier molecular flexibility index (Phi) is 4.09. The summed E-state index contributed by atoms with van der Waals surface area (Å²) in [5.74, 6) is 0.974. The van der Waals surface area contributed by atoms with Crippen LogP contribution in [0.15, 0.2) is 60.7 Å². The van der Waals surface area contributed by atoms with Crippen LogP contribution in [0.1, 0.15) is 37.3 Å². The predicted octanol–water partition coefficient (Wildman–Crippen LogP) is 7.28. The predicted molar refractivity (Wildman–Crippen MR) is 117 cm³/mol. The first-order valence-corrected chi connectivity index (χ1v) is 10.0. The lowest BCUT2D eigenvalue weighted by Crippen LogP contribution is -1.96. The molecule has 0 radical (unpaired) electrons. The highest BCUT2D eigenvalue weighted by atomic mass is 16.5. The molecule has 0 aromatic heterocycles. The summed E-state index contributed by atoms with van der Waals surface area (Å²) in [4.78, 5) is 0. The molecule has 4 aromatic carbocycles. The Labute approximate surface area is 160 Å². The van der Waals surface area contributed by atoms with Crippen LogP contribution in [0.4, 0.5) is 0 Å². The van der Waals surface area contributed by atoms with Crippen molar-refractivity contribution >= 4 is 38.4 Å². The molecule has 4 aromatic rings. The average molecular weight is 352 g/mol. The summed E-state index contributed by atoms with van der Waals surface area (Å²) in [6.07, 6.45) is 9.16. The molecule has 1 aliphatic rings. The van der Waals surface area contributed by atoms with Crippen LogP contribution in [0.5, 0.6) is 5.75 Å². The minimum Gasteiger partial charge on any atom is -0.494 e. The van der Waals surface area contributed by atoms with Crippen molar-refractivity contribution in [1.29, 1.82) is 0 Å². The molecule has 0 aliphatic heterocycles. The van der Waals surface area contributed by atoms with Crippen molar-refractivity contribution in [2.75, 3.05) is 6.61 Å². The maximum Gasteiger partial charge on any atom is 0.119 e. The summed E-state index contributed by atoms with van der Waals surface area (Å²) in [7, 11) is 0. The van der Waals surface area contributed by atoms with Crippen molar-refractivity contribution in [2.45, 2.75) is 32.6 Å². The van der Waals surface area contributed by atoms with Crippen molar-refractivity contribution < 1.29 is 4.74 Å². The number of rotatable bonds is 5. The van der Waals surface area contributed by atoms with Crippen molar-refractivity contribution in [1.82, 2.24) is 0 Å². The number of benzene rings is 4. The number of unbranched alkanes of at least 4 members (excludes halogenated alkanes) is 2. The number of fused-ring (bicyclic) bond motifs is 6. The zero-order valence-electron chi connectivity index (χ0n) is 15.8. The molecule has 0 heterocycles. The summed E-state index contributed by atoms with van der Waals surface area (Å²) >= 11 is 0. The third-order valence-electron chi connectivity index (χ3n) is 5.72. The number of ether oxygens (including phenoxy) is 1. The molecule has 1 nitrogen and oxygen atoms in total. The Balaban J connectivity index is 1.59. The van der Waals surface area contributed by atoms with E-state index in [1.54, 1.807) is 0 Å². The van der Waals surface area contributed by atoms with Crippen molar-refractivity contribution in [3.05, 3.63) is 71.8 Å². The summed E-state index contributed by atoms with van der Waals surface area (Å²) in [5, 5.41) is 7.85. The van der Waals surface area contributed by atoms with Gasteiger partial charge in [0, 0.05) is 0 Å². The Morgan fingerprint density at radius 2 is 1.67 bits per heavy atom. The van der Waals surface area contributed by atoms with E-state index in [-0.39, 0.29) is 0 Å². The highest BCUT2D eigenvalue weighted by molar-refractivity contribution is 6.14. The van der Waals surface area contributed by atoms with Gasteiger partial charge in [-0.3, -0.25) is 0 Å². The van der Waals surface area contributed by atoms with Crippen LogP contribution in [-0.2, 0) is 6.42 Å². The van der Waals surface area contributed by atoms with Crippen LogP contribution in [0.3, 0.4) is 0 Å². The molecule has 27 heavy (non-hydrogen) atoms. The van der Waals surface area contributed by atoms with E-state index in [4.69, 9.17) is 4.74 Å². The van der Waals surface area contributed by atoms with Gasteiger partial charge in [0.15, 0.2) is 0 Å². The Hall–Kier alpha value is -2.80. The van der Waals surface area contributed by atoms with Gasteiger partial charge in [-0.1, -0.05) is 62.2 Å². The van der Waals surface area contributed by atoms with Gasteiger partial charge in [0.25, 0.3) is 0 Å². The van der Waals surface area contributed by atoms with E-state index in [0.717, 1.165) is 25.2 Å². The second-order valence-corrected chi connectivity index (χ2v) is 7.54. The van der Waals surface area contributed by atoms with Crippen LogP contribution >= 0.6 is 0 Å². The maximum atomic E-state index is 5.94. The fourth-order valence-electron chi connectivity index (χ4n) is 4.24. The Morgan fingerprint density at radius 1 is 0.778 bits per heavy atom. The SMILES string of the molecule is CCCCCOc1ccc2cc3c(ccc4c5c(ccc43)CC=C5)cc2c1. The third-order valence-corrected chi connectivity index (χ3v) is 5.72. The molecule has 0 atom stereocenters. The van der Waals surface area contributed by atoms with Gasteiger partial charge in [-0.2, -0.15) is 0 Å². The summed E-state index contributed by atoms with van der Waals surface area (Å²) in [6.45, 7) is 3.02. The number of allylic oxidation sites excluding steroid dienone is 1. The molecular weight excluding hydrogens is 328 g/mol. The average Bonchev–Trinajstić information content (AvgIpc) is 3.18. The quantitative estimate of drug-likeness (QED) is 0.208. The normalized spacial score (nSPS) is 12.9. The Morgan fingerprint density at radius 3 is 2.59 bits per heavy atom. The molecule has 0 amide bonds. The molecule has 0 N–H and O–H groups in total. The fourth-order valence-corrected chi connectivity index (χ4v) is 4.24. The molecule has 0 fully saturated rings. The zero-order valence-corrected chi connectivity index (χ0v) is 15.8. The maximum absolute atomic E-state index is 5.94. The summed E-state index contributed by atoms with van der Waals surface area (Å²) in [5.41, 5.74) is 2.83. The van der Waals surface area contributed by atoms with Gasteiger partial charge in [-0.25, -0.2) is 0 Å². The number of hydrogen-bond donors (Lipinski definition) is 0. The molecule has 0 bridgehead atoms. The Bertz CT molecular complexity index is 1180. The number of hydrogen-bond acceptors (Lipinski definition) is 1. The van der Waals surface area contributed by atoms with E-state index in [1.807, 2.05) is 0 Å². The second kappa shape index (κ2) is 6.74. The van der Waals surface area contributed by atoms with Gasteiger partial charge in [0.05, 0.1) is 6.61 Å². The second-order valence-electron chi connectivity index (χ2n) is 7.54. The van der Waals surface area contributed by atoms with Gasteiger partial charge in [0.2, 0.25) is 0 Å². The lowest BCUT2D eigenvalue weighted by Gasteiger charge is -2.11. The molecular formula is C26H24O. The van der Waals surface area contributed by atoms with Gasteiger partial charge in [-0.15, -0.1) is 0 Å². The first-order valence-electron chi connectivity index (χ1n) is 10.0. The van der Waals surface area contributed by atoms with Crippen LogP contribution < -0.4 is 4.74 Å². The highest BCUT2D eigenvalue weighted by Gasteiger charge is 2.11. The standard InChI is InChI=1S/C26H24O/c1-2-3-4-14-27-22-11-8-19-17-26-20(15-21(19)16-22)10-13-24-23-7-5-6-18(23)9-12-25(24)26/h5,7-13,15-17H,2-4,6,14H2,1H3. The van der Waals surface area contributed by atoms with E-state index >= 15 is 0 Å². The van der Waals surface area contributed by atoms with Crippen molar-refractivity contribution in [3.8, 4) is 5.75 Å². The topological polar surface area (TPSA) is 9.23 Å². The van der Waals surface area contributed by atoms with E-state index in [0.29, 0.717) is 0 Å². The molecule has 134 valence electrons. The molecule has 0 spiro atoms. The molecule has 0 saturated heterocycles.